The fraction of sp³-hybridized carbons (Fsp3) is 0.346. The Hall–Kier alpha value is -4.12. The lowest BCUT2D eigenvalue weighted by molar-refractivity contribution is -0.145. The molecule has 38 heavy (non-hydrogen) atoms. The number of carboxylic acid groups (broad SMARTS) is 1. The summed E-state index contributed by atoms with van der Waals surface area (Å²) >= 11 is 0. The number of amidine groups is 1. The first-order chi connectivity index (χ1) is 17.6. The Kier molecular flexibility index (Phi) is 8.62. The summed E-state index contributed by atoms with van der Waals surface area (Å²) in [6.45, 7) is 3.24. The van der Waals surface area contributed by atoms with E-state index in [-0.39, 0.29) is 24.1 Å². The largest absolute Gasteiger partial charge is 0.481 e. The van der Waals surface area contributed by atoms with E-state index in [9.17, 15) is 14.4 Å². The van der Waals surface area contributed by atoms with Crippen molar-refractivity contribution in [1.82, 2.24) is 19.8 Å². The van der Waals surface area contributed by atoms with Gasteiger partial charge in [-0.15, -0.1) is 12.4 Å². The molecule has 2 aromatic carbocycles. The molecule has 4 rings (SSSR count). The quantitative estimate of drug-likeness (QED) is 0.157. The standard InChI is InChI=1S/C26H31N7O4.ClH/c1-26(31-22(34)14-23(35)36,25(37)33-11-3-4-12-33)17-7-10-20-19(13-17)30-21(32(20)2)15-29-18-8-5-16(6-9-18)24(27)28;/h5-10,13,29H,3-4,11-12,14-15H2,1-2H3,(H3,27,28)(H,31,34)(H,35,36);1H. The lowest BCUT2D eigenvalue weighted by Gasteiger charge is -2.33. The van der Waals surface area contributed by atoms with E-state index in [4.69, 9.17) is 21.2 Å². The third kappa shape index (κ3) is 5.88. The molecule has 1 atom stereocenters. The highest BCUT2D eigenvalue weighted by Crippen LogP contribution is 2.29. The van der Waals surface area contributed by atoms with E-state index in [0.717, 1.165) is 29.9 Å². The number of aryl methyl sites for hydroxylation is 1. The van der Waals surface area contributed by atoms with E-state index >= 15 is 0 Å². The number of aliphatic carboxylic acids is 1. The van der Waals surface area contributed by atoms with Crippen molar-refractivity contribution < 1.29 is 19.5 Å². The van der Waals surface area contributed by atoms with Gasteiger partial charge in [-0.25, -0.2) is 4.98 Å². The Morgan fingerprint density at radius 1 is 1.13 bits per heavy atom. The molecule has 0 aliphatic carbocycles. The molecule has 0 bridgehead atoms. The summed E-state index contributed by atoms with van der Waals surface area (Å²) in [6, 6.07) is 12.6. The molecule has 0 radical (unpaired) electrons. The van der Waals surface area contributed by atoms with Gasteiger partial charge in [-0.05, 0) is 61.7 Å². The average Bonchev–Trinajstić information content (AvgIpc) is 3.50. The number of benzene rings is 2. The van der Waals surface area contributed by atoms with Gasteiger partial charge in [0.05, 0.1) is 17.6 Å². The molecule has 1 unspecified atom stereocenters. The van der Waals surface area contributed by atoms with Crippen molar-refractivity contribution in [1.29, 1.82) is 5.41 Å². The van der Waals surface area contributed by atoms with Crippen molar-refractivity contribution in [3.8, 4) is 0 Å². The highest BCUT2D eigenvalue weighted by atomic mass is 35.5. The van der Waals surface area contributed by atoms with Crippen LogP contribution in [0.15, 0.2) is 42.5 Å². The maximum absolute atomic E-state index is 13.5. The van der Waals surface area contributed by atoms with Gasteiger partial charge in [-0.1, -0.05) is 6.07 Å². The number of carboxylic acids is 1. The summed E-state index contributed by atoms with van der Waals surface area (Å²) in [6.07, 6.45) is 1.05. The number of nitrogens with two attached hydrogens (primary N) is 1. The lowest BCUT2D eigenvalue weighted by atomic mass is 9.89. The van der Waals surface area contributed by atoms with Crippen LogP contribution in [-0.4, -0.2) is 56.3 Å². The second-order valence-electron chi connectivity index (χ2n) is 9.38. The molecule has 6 N–H and O–H groups in total. The molecule has 0 saturated carbocycles. The van der Waals surface area contributed by atoms with Crippen molar-refractivity contribution in [3.63, 3.8) is 0 Å². The van der Waals surface area contributed by atoms with Gasteiger partial charge in [0.25, 0.3) is 5.91 Å². The highest BCUT2D eigenvalue weighted by Gasteiger charge is 2.41. The van der Waals surface area contributed by atoms with Crippen molar-refractivity contribution in [2.45, 2.75) is 38.3 Å². The Morgan fingerprint density at radius 3 is 2.39 bits per heavy atom. The molecule has 12 heteroatoms. The summed E-state index contributed by atoms with van der Waals surface area (Å²) < 4.78 is 1.94. The number of nitrogen functional groups attached to an aromatic ring is 1. The minimum Gasteiger partial charge on any atom is -0.481 e. The maximum atomic E-state index is 13.5. The molecular formula is C26H32ClN7O4. The van der Waals surface area contributed by atoms with Crippen LogP contribution in [0.3, 0.4) is 0 Å². The molecule has 1 saturated heterocycles. The van der Waals surface area contributed by atoms with Crippen LogP contribution in [0, 0.1) is 5.41 Å². The van der Waals surface area contributed by atoms with Crippen LogP contribution >= 0.6 is 12.4 Å². The first-order valence-corrected chi connectivity index (χ1v) is 12.0. The van der Waals surface area contributed by atoms with Crippen LogP contribution in [0.2, 0.25) is 0 Å². The Labute approximate surface area is 226 Å². The smallest absolute Gasteiger partial charge is 0.312 e. The van der Waals surface area contributed by atoms with Crippen LogP contribution in [-0.2, 0) is 33.5 Å². The molecule has 3 aromatic rings. The number of likely N-dealkylation sites (tertiary alicyclic amines) is 1. The predicted molar refractivity (Wildman–Crippen MR) is 146 cm³/mol. The summed E-state index contributed by atoms with van der Waals surface area (Å²) in [5.41, 5.74) is 7.61. The van der Waals surface area contributed by atoms with E-state index in [1.54, 1.807) is 36.1 Å². The zero-order chi connectivity index (χ0) is 26.7. The van der Waals surface area contributed by atoms with Crippen LogP contribution in [0.4, 0.5) is 5.69 Å². The number of amides is 2. The highest BCUT2D eigenvalue weighted by molar-refractivity contribution is 5.98. The molecule has 2 heterocycles. The molecule has 1 aliphatic heterocycles. The summed E-state index contributed by atoms with van der Waals surface area (Å²) in [5.74, 6) is -1.50. The van der Waals surface area contributed by atoms with E-state index in [0.29, 0.717) is 36.3 Å². The number of imidazole rings is 1. The number of nitrogens with zero attached hydrogens (tertiary/aromatic N) is 3. The van der Waals surface area contributed by atoms with Crippen molar-refractivity contribution in [2.24, 2.45) is 12.8 Å². The molecule has 202 valence electrons. The number of carbonyl (C=O) groups is 3. The van der Waals surface area contributed by atoms with Gasteiger partial charge in [0.1, 0.15) is 23.6 Å². The van der Waals surface area contributed by atoms with Gasteiger partial charge in [-0.2, -0.15) is 0 Å². The molecular weight excluding hydrogens is 510 g/mol. The van der Waals surface area contributed by atoms with Crippen molar-refractivity contribution in [3.05, 3.63) is 59.4 Å². The molecule has 1 aliphatic rings. The normalized spacial score (nSPS) is 14.4. The van der Waals surface area contributed by atoms with Gasteiger partial charge in [0.2, 0.25) is 5.91 Å². The Balaban J connectivity index is 0.00000400. The zero-order valence-corrected chi connectivity index (χ0v) is 22.1. The number of halogens is 1. The average molecular weight is 542 g/mol. The van der Waals surface area contributed by atoms with Crippen LogP contribution in [0.1, 0.15) is 43.1 Å². The lowest BCUT2D eigenvalue weighted by Crippen LogP contribution is -2.55. The zero-order valence-electron chi connectivity index (χ0n) is 21.3. The number of hydrogen-bond donors (Lipinski definition) is 5. The number of rotatable bonds is 9. The fourth-order valence-electron chi connectivity index (χ4n) is 4.61. The fourth-order valence-corrected chi connectivity index (χ4v) is 4.61. The minimum atomic E-state index is -1.43. The van der Waals surface area contributed by atoms with Crippen LogP contribution in [0.5, 0.6) is 0 Å². The summed E-state index contributed by atoms with van der Waals surface area (Å²) in [5, 5.41) is 22.5. The number of aromatic nitrogens is 2. The second kappa shape index (κ2) is 11.5. The van der Waals surface area contributed by atoms with Crippen LogP contribution < -0.4 is 16.4 Å². The second-order valence-corrected chi connectivity index (χ2v) is 9.38. The number of fused-ring (bicyclic) bond motifs is 1. The summed E-state index contributed by atoms with van der Waals surface area (Å²) in [4.78, 5) is 43.5. The van der Waals surface area contributed by atoms with E-state index in [1.807, 2.05) is 29.8 Å². The molecule has 0 spiro atoms. The summed E-state index contributed by atoms with van der Waals surface area (Å²) in [7, 11) is 1.90. The molecule has 11 nitrogen and oxygen atoms in total. The van der Waals surface area contributed by atoms with Crippen molar-refractivity contribution in [2.75, 3.05) is 18.4 Å². The first-order valence-electron chi connectivity index (χ1n) is 12.0. The van der Waals surface area contributed by atoms with E-state index < -0.39 is 23.8 Å². The third-order valence-electron chi connectivity index (χ3n) is 6.72. The van der Waals surface area contributed by atoms with Crippen LogP contribution in [0.25, 0.3) is 11.0 Å². The number of carbonyl (C=O) groups excluding carboxylic acids is 2. The Bertz CT molecular complexity index is 1370. The Morgan fingerprint density at radius 2 is 1.79 bits per heavy atom. The van der Waals surface area contributed by atoms with Crippen molar-refractivity contribution >= 4 is 52.7 Å². The molecule has 1 aromatic heterocycles. The maximum Gasteiger partial charge on any atom is 0.312 e. The minimum absolute atomic E-state index is 0. The topological polar surface area (TPSA) is 166 Å². The van der Waals surface area contributed by atoms with E-state index in [2.05, 4.69) is 10.6 Å². The predicted octanol–water partition coefficient (Wildman–Crippen LogP) is 2.32. The molecule has 1 fully saturated rings. The molecule has 2 amide bonds. The SMILES string of the molecule is Cl.Cn1c(CNc2ccc(C(=N)N)cc2)nc2cc(C(C)(NC(=O)CC(=O)O)C(=O)N3CCCC3)ccc21. The van der Waals surface area contributed by atoms with E-state index in [1.165, 1.54) is 0 Å². The monoisotopic (exact) mass is 541 g/mol. The number of nitrogens with one attached hydrogen (secondary N) is 3. The number of hydrogen-bond acceptors (Lipinski definition) is 6. The van der Waals surface area contributed by atoms with Gasteiger partial charge in [0.15, 0.2) is 0 Å². The van der Waals surface area contributed by atoms with Gasteiger partial charge in [0, 0.05) is 31.4 Å². The first kappa shape index (κ1) is 28.5. The number of anilines is 1. The van der Waals surface area contributed by atoms with Gasteiger partial charge in [-0.3, -0.25) is 19.8 Å². The van der Waals surface area contributed by atoms with Gasteiger partial charge >= 0.3 is 5.97 Å². The van der Waals surface area contributed by atoms with Gasteiger partial charge < -0.3 is 30.9 Å². The third-order valence-corrected chi connectivity index (χ3v) is 6.72.